The van der Waals surface area contributed by atoms with E-state index in [0.29, 0.717) is 6.04 Å². The summed E-state index contributed by atoms with van der Waals surface area (Å²) in [5.74, 6) is 0.214. The first-order valence-corrected chi connectivity index (χ1v) is 5.99. The zero-order chi connectivity index (χ0) is 12.3. The number of amides is 1. The molecule has 4 nitrogen and oxygen atoms in total. The average molecular weight is 227 g/mol. The van der Waals surface area contributed by atoms with E-state index in [1.165, 1.54) is 0 Å². The molecule has 1 atom stereocenters. The van der Waals surface area contributed by atoms with Gasteiger partial charge in [0.25, 0.3) is 0 Å². The molecule has 1 saturated heterocycles. The molecule has 0 saturated carbocycles. The van der Waals surface area contributed by atoms with Gasteiger partial charge in [-0.2, -0.15) is 0 Å². The lowest BCUT2D eigenvalue weighted by atomic mass is 9.94. The molecule has 94 valence electrons. The lowest BCUT2D eigenvalue weighted by molar-refractivity contribution is -0.138. The predicted molar refractivity (Wildman–Crippen MR) is 66.4 cm³/mol. The van der Waals surface area contributed by atoms with Crippen molar-refractivity contribution >= 4 is 5.91 Å². The first-order valence-electron chi connectivity index (χ1n) is 5.99. The minimum absolute atomic E-state index is 0.214. The zero-order valence-electron chi connectivity index (χ0n) is 11.2. The zero-order valence-corrected chi connectivity index (χ0v) is 11.2. The van der Waals surface area contributed by atoms with E-state index < -0.39 is 0 Å². The molecule has 16 heavy (non-hydrogen) atoms. The number of hydrogen-bond acceptors (Lipinski definition) is 3. The molecule has 0 aromatic carbocycles. The Balaban J connectivity index is 2.50. The van der Waals surface area contributed by atoms with Gasteiger partial charge in [-0.15, -0.1) is 0 Å². The Morgan fingerprint density at radius 1 is 1.50 bits per heavy atom. The second-order valence-electron chi connectivity index (χ2n) is 5.77. The number of nitrogens with zero attached hydrogens (tertiary/aromatic N) is 2. The third kappa shape index (κ3) is 3.46. The van der Waals surface area contributed by atoms with Crippen LogP contribution in [0, 0.1) is 5.41 Å². The fraction of sp³-hybridized carbons (Fsp3) is 0.917. The van der Waals surface area contributed by atoms with Crippen molar-refractivity contribution in [3.63, 3.8) is 0 Å². The molecular formula is C12H25N3O. The van der Waals surface area contributed by atoms with Crippen molar-refractivity contribution in [1.82, 2.24) is 15.1 Å². The lowest BCUT2D eigenvalue weighted by Gasteiger charge is -2.37. The van der Waals surface area contributed by atoms with E-state index in [1.54, 1.807) is 0 Å². The van der Waals surface area contributed by atoms with Gasteiger partial charge in [0.05, 0.1) is 0 Å². The van der Waals surface area contributed by atoms with Gasteiger partial charge < -0.3 is 10.2 Å². The summed E-state index contributed by atoms with van der Waals surface area (Å²) in [6.07, 6.45) is 0. The molecule has 0 aromatic rings. The van der Waals surface area contributed by atoms with E-state index >= 15 is 0 Å². The average Bonchev–Trinajstić information content (AvgIpc) is 2.19. The molecule has 0 spiro atoms. The second-order valence-corrected chi connectivity index (χ2v) is 5.77. The van der Waals surface area contributed by atoms with Crippen LogP contribution in [0.2, 0.25) is 0 Å². The Hall–Kier alpha value is -0.610. The van der Waals surface area contributed by atoms with Gasteiger partial charge in [0.15, 0.2) is 0 Å². The fourth-order valence-electron chi connectivity index (χ4n) is 2.04. The van der Waals surface area contributed by atoms with Crippen LogP contribution in [0.15, 0.2) is 0 Å². The topological polar surface area (TPSA) is 35.6 Å². The largest absolute Gasteiger partial charge is 0.344 e. The summed E-state index contributed by atoms with van der Waals surface area (Å²) in [6, 6.07) is 0.435. The van der Waals surface area contributed by atoms with Gasteiger partial charge in [0.2, 0.25) is 5.91 Å². The van der Waals surface area contributed by atoms with Crippen LogP contribution in [-0.2, 0) is 4.79 Å². The summed E-state index contributed by atoms with van der Waals surface area (Å²) in [6.45, 7) is 9.78. The maximum Gasteiger partial charge on any atom is 0.227 e. The van der Waals surface area contributed by atoms with Crippen molar-refractivity contribution in [2.24, 2.45) is 5.41 Å². The molecule has 4 heteroatoms. The molecule has 1 aliphatic rings. The van der Waals surface area contributed by atoms with Crippen LogP contribution in [0.3, 0.4) is 0 Å². The van der Waals surface area contributed by atoms with E-state index in [-0.39, 0.29) is 11.3 Å². The molecule has 0 aromatic heterocycles. The quantitative estimate of drug-likeness (QED) is 0.741. The highest BCUT2D eigenvalue weighted by Crippen LogP contribution is 2.17. The first-order chi connectivity index (χ1) is 7.32. The molecule has 1 N–H and O–H groups in total. The Morgan fingerprint density at radius 2 is 2.12 bits per heavy atom. The van der Waals surface area contributed by atoms with E-state index in [0.717, 1.165) is 26.2 Å². The fourth-order valence-corrected chi connectivity index (χ4v) is 2.04. The highest BCUT2D eigenvalue weighted by molar-refractivity contribution is 5.81. The van der Waals surface area contributed by atoms with Crippen molar-refractivity contribution < 1.29 is 4.79 Å². The molecule has 0 aliphatic carbocycles. The van der Waals surface area contributed by atoms with Gasteiger partial charge in [-0.05, 0) is 7.05 Å². The van der Waals surface area contributed by atoms with Gasteiger partial charge in [-0.3, -0.25) is 9.69 Å². The van der Waals surface area contributed by atoms with Crippen LogP contribution in [0.25, 0.3) is 0 Å². The van der Waals surface area contributed by atoms with Crippen LogP contribution in [0.1, 0.15) is 20.8 Å². The number of piperazine rings is 1. The summed E-state index contributed by atoms with van der Waals surface area (Å²) in [5, 5.41) is 3.37. The van der Waals surface area contributed by atoms with Crippen molar-refractivity contribution in [2.45, 2.75) is 26.8 Å². The van der Waals surface area contributed by atoms with Crippen LogP contribution in [0.4, 0.5) is 0 Å². The Morgan fingerprint density at radius 3 is 2.62 bits per heavy atom. The predicted octanol–water partition coefficient (Wildman–Crippen LogP) is 0.395. The van der Waals surface area contributed by atoms with Crippen LogP contribution in [0.5, 0.6) is 0 Å². The van der Waals surface area contributed by atoms with E-state index in [9.17, 15) is 4.79 Å². The molecule has 1 unspecified atom stereocenters. The van der Waals surface area contributed by atoms with Crippen molar-refractivity contribution in [2.75, 3.05) is 40.3 Å². The summed E-state index contributed by atoms with van der Waals surface area (Å²) in [5.41, 5.74) is -0.282. The van der Waals surface area contributed by atoms with E-state index in [2.05, 4.69) is 17.3 Å². The normalized spacial score (nSPS) is 23.2. The van der Waals surface area contributed by atoms with E-state index in [1.807, 2.05) is 32.7 Å². The van der Waals surface area contributed by atoms with Crippen molar-refractivity contribution in [3.8, 4) is 0 Å². The standard InChI is InChI=1S/C12H25N3O/c1-12(2,3)11(16)15(5)9-10-8-13-6-7-14(10)4/h10,13H,6-9H2,1-5H3. The summed E-state index contributed by atoms with van der Waals surface area (Å²) in [4.78, 5) is 16.2. The minimum atomic E-state index is -0.282. The van der Waals surface area contributed by atoms with Gasteiger partial charge >= 0.3 is 0 Å². The summed E-state index contributed by atoms with van der Waals surface area (Å²) >= 11 is 0. The smallest absolute Gasteiger partial charge is 0.227 e. The number of rotatable bonds is 2. The number of carbonyl (C=O) groups excluding carboxylic acids is 1. The first kappa shape index (κ1) is 13.5. The number of likely N-dealkylation sites (N-methyl/N-ethyl adjacent to an activating group) is 2. The van der Waals surface area contributed by atoms with Crippen molar-refractivity contribution in [1.29, 1.82) is 0 Å². The lowest BCUT2D eigenvalue weighted by Crippen LogP contribution is -2.55. The van der Waals surface area contributed by atoms with Crippen LogP contribution < -0.4 is 5.32 Å². The Kier molecular flexibility index (Phi) is 4.33. The maximum atomic E-state index is 12.0. The molecule has 1 rings (SSSR count). The maximum absolute atomic E-state index is 12.0. The van der Waals surface area contributed by atoms with Gasteiger partial charge in [-0.25, -0.2) is 0 Å². The molecular weight excluding hydrogens is 202 g/mol. The molecule has 1 heterocycles. The highest BCUT2D eigenvalue weighted by atomic mass is 16.2. The summed E-state index contributed by atoms with van der Waals surface area (Å²) < 4.78 is 0. The third-order valence-corrected chi connectivity index (χ3v) is 3.12. The molecule has 0 bridgehead atoms. The third-order valence-electron chi connectivity index (χ3n) is 3.12. The highest BCUT2D eigenvalue weighted by Gasteiger charge is 2.28. The van der Waals surface area contributed by atoms with Crippen LogP contribution in [-0.4, -0.2) is 62.0 Å². The minimum Gasteiger partial charge on any atom is -0.344 e. The van der Waals surface area contributed by atoms with Gasteiger partial charge in [0.1, 0.15) is 0 Å². The molecule has 1 aliphatic heterocycles. The second kappa shape index (κ2) is 5.15. The molecule has 1 fully saturated rings. The molecule has 1 amide bonds. The summed E-state index contributed by atoms with van der Waals surface area (Å²) in [7, 11) is 4.02. The number of hydrogen-bond donors (Lipinski definition) is 1. The molecule has 0 radical (unpaired) electrons. The number of carbonyl (C=O) groups is 1. The Bertz CT molecular complexity index is 247. The van der Waals surface area contributed by atoms with E-state index in [4.69, 9.17) is 0 Å². The monoisotopic (exact) mass is 227 g/mol. The van der Waals surface area contributed by atoms with Gasteiger partial charge in [-0.1, -0.05) is 20.8 Å². The number of nitrogens with one attached hydrogen (secondary N) is 1. The SMILES string of the molecule is CN(CC1CNCCN1C)C(=O)C(C)(C)C. The van der Waals surface area contributed by atoms with Crippen molar-refractivity contribution in [3.05, 3.63) is 0 Å². The van der Waals surface area contributed by atoms with Crippen LogP contribution >= 0.6 is 0 Å². The Labute approximate surface area is 99.0 Å². The van der Waals surface area contributed by atoms with Gasteiger partial charge in [0, 0.05) is 44.7 Å².